The number of aliphatic carboxylic acids is 1. The number of pyridine rings is 1. The number of nitrogens with one attached hydrogen (secondary N) is 1. The Balaban J connectivity index is 2.50. The third-order valence-electron chi connectivity index (χ3n) is 3.10. The van der Waals surface area contributed by atoms with Crippen LogP contribution in [0.15, 0.2) is 18.3 Å². The molecule has 0 saturated heterocycles. The number of nitrogens with zero attached hydrogens (tertiary/aromatic N) is 1. The van der Waals surface area contributed by atoms with E-state index in [1.165, 1.54) is 0 Å². The van der Waals surface area contributed by atoms with Crippen molar-refractivity contribution >= 4 is 11.9 Å². The first-order valence-electron chi connectivity index (χ1n) is 6.80. The Morgan fingerprint density at radius 2 is 2.10 bits per heavy atom. The molecule has 110 valence electrons. The van der Waals surface area contributed by atoms with Crippen LogP contribution in [0, 0.1) is 18.8 Å². The lowest BCUT2D eigenvalue weighted by Gasteiger charge is -2.15. The van der Waals surface area contributed by atoms with Gasteiger partial charge in [-0.25, -0.2) is 0 Å². The highest BCUT2D eigenvalue weighted by Gasteiger charge is 2.19. The zero-order valence-electron chi connectivity index (χ0n) is 12.2. The molecule has 0 saturated carbocycles. The summed E-state index contributed by atoms with van der Waals surface area (Å²) < 4.78 is 0. The molecule has 1 heterocycles. The van der Waals surface area contributed by atoms with Gasteiger partial charge in [0.05, 0.1) is 18.0 Å². The van der Waals surface area contributed by atoms with E-state index in [1.54, 1.807) is 6.20 Å². The summed E-state index contributed by atoms with van der Waals surface area (Å²) in [6.45, 7) is 6.00. The fraction of sp³-hybridized carbons (Fsp3) is 0.533. The molecule has 0 aliphatic carbocycles. The molecular formula is C15H22N2O3. The van der Waals surface area contributed by atoms with E-state index in [0.717, 1.165) is 11.3 Å². The monoisotopic (exact) mass is 278 g/mol. The number of hydrogen-bond donors (Lipinski definition) is 2. The van der Waals surface area contributed by atoms with E-state index in [4.69, 9.17) is 5.11 Å². The maximum absolute atomic E-state index is 11.8. The Bertz CT molecular complexity index is 472. The van der Waals surface area contributed by atoms with Crippen LogP contribution < -0.4 is 5.32 Å². The average Bonchev–Trinajstić information content (AvgIpc) is 2.36. The van der Waals surface area contributed by atoms with E-state index in [-0.39, 0.29) is 24.8 Å². The highest BCUT2D eigenvalue weighted by Crippen LogP contribution is 2.11. The van der Waals surface area contributed by atoms with Crippen molar-refractivity contribution in [2.24, 2.45) is 11.8 Å². The summed E-state index contributed by atoms with van der Waals surface area (Å²) in [5.41, 5.74) is 1.68. The van der Waals surface area contributed by atoms with Gasteiger partial charge in [0, 0.05) is 12.7 Å². The Morgan fingerprint density at radius 1 is 1.40 bits per heavy atom. The van der Waals surface area contributed by atoms with Gasteiger partial charge in [0.1, 0.15) is 0 Å². The number of aromatic nitrogens is 1. The Kier molecular flexibility index (Phi) is 6.15. The SMILES string of the molecule is Cc1cccnc1CC(=O)NCC(CC(C)C)C(=O)O. The molecule has 1 unspecified atom stereocenters. The van der Waals surface area contributed by atoms with Crippen LogP contribution >= 0.6 is 0 Å². The summed E-state index contributed by atoms with van der Waals surface area (Å²) >= 11 is 0. The molecule has 1 rings (SSSR count). The van der Waals surface area contributed by atoms with Crippen LogP contribution in [0.1, 0.15) is 31.5 Å². The predicted molar refractivity (Wildman–Crippen MR) is 76.3 cm³/mol. The molecule has 0 bridgehead atoms. The highest BCUT2D eigenvalue weighted by molar-refractivity contribution is 5.79. The number of carboxylic acids is 1. The second-order valence-corrected chi connectivity index (χ2v) is 5.41. The topological polar surface area (TPSA) is 79.3 Å². The molecule has 1 aromatic rings. The van der Waals surface area contributed by atoms with E-state index in [0.29, 0.717) is 6.42 Å². The number of carbonyl (C=O) groups excluding carboxylic acids is 1. The van der Waals surface area contributed by atoms with Gasteiger partial charge in [-0.15, -0.1) is 0 Å². The van der Waals surface area contributed by atoms with Crippen molar-refractivity contribution in [3.05, 3.63) is 29.6 Å². The summed E-state index contributed by atoms with van der Waals surface area (Å²) in [5.74, 6) is -1.32. The maximum atomic E-state index is 11.8. The average molecular weight is 278 g/mol. The minimum Gasteiger partial charge on any atom is -0.481 e. The first-order chi connectivity index (χ1) is 9.40. The Morgan fingerprint density at radius 3 is 2.65 bits per heavy atom. The van der Waals surface area contributed by atoms with Crippen LogP contribution in [0.3, 0.4) is 0 Å². The van der Waals surface area contributed by atoms with Crippen molar-refractivity contribution in [3.63, 3.8) is 0 Å². The largest absolute Gasteiger partial charge is 0.481 e. The lowest BCUT2D eigenvalue weighted by molar-refractivity contribution is -0.142. The van der Waals surface area contributed by atoms with Crippen LogP contribution in [0.25, 0.3) is 0 Å². The molecule has 1 atom stereocenters. The van der Waals surface area contributed by atoms with Gasteiger partial charge in [-0.2, -0.15) is 0 Å². The molecule has 0 aliphatic heterocycles. The summed E-state index contributed by atoms with van der Waals surface area (Å²) in [6.07, 6.45) is 2.38. The second-order valence-electron chi connectivity index (χ2n) is 5.41. The zero-order chi connectivity index (χ0) is 15.1. The molecule has 1 amide bonds. The van der Waals surface area contributed by atoms with Gasteiger partial charge in [0.25, 0.3) is 0 Å². The standard InChI is InChI=1S/C15H22N2O3/c1-10(2)7-12(15(19)20)9-17-14(18)8-13-11(3)5-4-6-16-13/h4-6,10,12H,7-9H2,1-3H3,(H,17,18)(H,19,20). The second kappa shape index (κ2) is 7.62. The minimum absolute atomic E-state index is 0.165. The van der Waals surface area contributed by atoms with Crippen molar-refractivity contribution in [2.45, 2.75) is 33.6 Å². The van der Waals surface area contributed by atoms with Crippen LogP contribution in [0.4, 0.5) is 0 Å². The Hall–Kier alpha value is -1.91. The van der Waals surface area contributed by atoms with Gasteiger partial charge in [-0.05, 0) is 30.9 Å². The van der Waals surface area contributed by atoms with Crippen molar-refractivity contribution in [1.82, 2.24) is 10.3 Å². The number of hydrogen-bond acceptors (Lipinski definition) is 3. The molecule has 0 radical (unpaired) electrons. The summed E-state index contributed by atoms with van der Waals surface area (Å²) in [7, 11) is 0. The third-order valence-corrected chi connectivity index (χ3v) is 3.10. The number of carboxylic acid groups (broad SMARTS) is 1. The molecule has 0 fully saturated rings. The maximum Gasteiger partial charge on any atom is 0.308 e. The van der Waals surface area contributed by atoms with Gasteiger partial charge in [0.15, 0.2) is 0 Å². The summed E-state index contributed by atoms with van der Waals surface area (Å²) in [5, 5.41) is 11.8. The predicted octanol–water partition coefficient (Wildman–Crippen LogP) is 1.80. The molecule has 0 spiro atoms. The molecule has 0 aliphatic rings. The summed E-state index contributed by atoms with van der Waals surface area (Å²) in [4.78, 5) is 27.1. The van der Waals surface area contributed by atoms with Crippen LogP contribution in [0.5, 0.6) is 0 Å². The van der Waals surface area contributed by atoms with Crippen molar-refractivity contribution in [2.75, 3.05) is 6.54 Å². The van der Waals surface area contributed by atoms with E-state index >= 15 is 0 Å². The normalized spacial score (nSPS) is 12.2. The lowest BCUT2D eigenvalue weighted by atomic mass is 9.97. The van der Waals surface area contributed by atoms with Crippen molar-refractivity contribution < 1.29 is 14.7 Å². The fourth-order valence-corrected chi connectivity index (χ4v) is 2.00. The van der Waals surface area contributed by atoms with Crippen LogP contribution in [0.2, 0.25) is 0 Å². The van der Waals surface area contributed by atoms with E-state index in [9.17, 15) is 9.59 Å². The van der Waals surface area contributed by atoms with Gasteiger partial charge < -0.3 is 10.4 Å². The lowest BCUT2D eigenvalue weighted by Crippen LogP contribution is -2.34. The number of rotatable bonds is 7. The quantitative estimate of drug-likeness (QED) is 0.797. The molecule has 20 heavy (non-hydrogen) atoms. The first-order valence-corrected chi connectivity index (χ1v) is 6.80. The minimum atomic E-state index is -0.868. The van der Waals surface area contributed by atoms with Gasteiger partial charge in [0.2, 0.25) is 5.91 Å². The number of amides is 1. The Labute approximate surface area is 119 Å². The van der Waals surface area contributed by atoms with Crippen LogP contribution in [-0.4, -0.2) is 28.5 Å². The van der Waals surface area contributed by atoms with Gasteiger partial charge in [-0.3, -0.25) is 14.6 Å². The van der Waals surface area contributed by atoms with Gasteiger partial charge in [-0.1, -0.05) is 19.9 Å². The molecule has 5 nitrogen and oxygen atoms in total. The molecule has 1 aromatic heterocycles. The van der Waals surface area contributed by atoms with E-state index < -0.39 is 11.9 Å². The van der Waals surface area contributed by atoms with Crippen LogP contribution in [-0.2, 0) is 16.0 Å². The molecule has 2 N–H and O–H groups in total. The van der Waals surface area contributed by atoms with Gasteiger partial charge >= 0.3 is 5.97 Å². The summed E-state index contributed by atoms with van der Waals surface area (Å²) in [6, 6.07) is 3.72. The fourth-order valence-electron chi connectivity index (χ4n) is 2.00. The molecule has 5 heteroatoms. The number of carbonyl (C=O) groups is 2. The zero-order valence-corrected chi connectivity index (χ0v) is 12.2. The molecular weight excluding hydrogens is 256 g/mol. The van der Waals surface area contributed by atoms with Crippen molar-refractivity contribution in [3.8, 4) is 0 Å². The number of aryl methyl sites for hydroxylation is 1. The van der Waals surface area contributed by atoms with Crippen molar-refractivity contribution in [1.29, 1.82) is 0 Å². The molecule has 0 aromatic carbocycles. The highest BCUT2D eigenvalue weighted by atomic mass is 16.4. The van der Waals surface area contributed by atoms with E-state index in [1.807, 2.05) is 32.9 Å². The smallest absolute Gasteiger partial charge is 0.308 e. The van der Waals surface area contributed by atoms with E-state index in [2.05, 4.69) is 10.3 Å². The first kappa shape index (κ1) is 16.1. The third kappa shape index (κ3) is 5.38.